The van der Waals surface area contributed by atoms with Crippen LogP contribution in [0.4, 0.5) is 4.79 Å². The van der Waals surface area contributed by atoms with Crippen LogP contribution in [0.3, 0.4) is 0 Å². The van der Waals surface area contributed by atoms with E-state index >= 15 is 0 Å². The summed E-state index contributed by atoms with van der Waals surface area (Å²) in [7, 11) is 3.57. The van der Waals surface area contributed by atoms with Crippen LogP contribution in [0.2, 0.25) is 5.02 Å². The lowest BCUT2D eigenvalue weighted by Crippen LogP contribution is -2.51. The second-order valence-corrected chi connectivity index (χ2v) is 21.9. The predicted octanol–water partition coefficient (Wildman–Crippen LogP) is 4.15. The number of rotatable bonds is 23. The number of benzene rings is 2. The van der Waals surface area contributed by atoms with Gasteiger partial charge >= 0.3 is 24.1 Å². The van der Waals surface area contributed by atoms with Crippen molar-refractivity contribution in [3.63, 3.8) is 0 Å². The molecule has 0 fully saturated rings. The minimum absolute atomic E-state index is 0.00200. The number of aliphatic hydroxyl groups excluding tert-OH is 4. The number of carboxylic acids is 1. The first kappa shape index (κ1) is 62.5. The highest BCUT2D eigenvalue weighted by Crippen LogP contribution is 2.35. The van der Waals surface area contributed by atoms with Crippen molar-refractivity contribution in [2.24, 2.45) is 23.2 Å². The summed E-state index contributed by atoms with van der Waals surface area (Å²) in [5.74, 6) is -7.47. The van der Waals surface area contributed by atoms with Crippen LogP contribution in [0.25, 0.3) is 0 Å². The summed E-state index contributed by atoms with van der Waals surface area (Å²) in [6.45, 7) is 8.16. The molecule has 20 nitrogen and oxygen atoms in total. The number of hydrogen-bond acceptors (Lipinski definition) is 18. The monoisotopic (exact) mass is 1100 g/mol. The summed E-state index contributed by atoms with van der Waals surface area (Å²) in [5, 5.41) is 55.5. The largest absolute Gasteiger partial charge is 0.508 e. The summed E-state index contributed by atoms with van der Waals surface area (Å²) in [4.78, 5) is 93.2. The topological polar surface area (TPSA) is 303 Å². The third-order valence-corrected chi connectivity index (χ3v) is 14.7. The zero-order valence-electron chi connectivity index (χ0n) is 41.6. The quantitative estimate of drug-likeness (QED) is 0.0255. The smallest absolute Gasteiger partial charge is 0.495 e. The molecular formula is C49H67Cl2N3O17S2. The molecule has 1 aliphatic rings. The number of hydrogen-bond donors (Lipinski definition) is 8. The molecule has 1 aliphatic heterocycles. The number of amides is 3. The van der Waals surface area contributed by atoms with Crippen molar-refractivity contribution < 1.29 is 82.8 Å². The Bertz CT molecular complexity index is 2190. The zero-order chi connectivity index (χ0) is 54.6. The van der Waals surface area contributed by atoms with Gasteiger partial charge in [0.15, 0.2) is 6.10 Å². The molecule has 0 aromatic heterocycles. The second-order valence-electron chi connectivity index (χ2n) is 18.4. The number of carbonyl (C=O) groups is 7. The van der Waals surface area contributed by atoms with Crippen molar-refractivity contribution in [2.45, 2.75) is 115 Å². The molecule has 3 rings (SSSR count). The van der Waals surface area contributed by atoms with E-state index in [1.807, 2.05) is 13.8 Å². The summed E-state index contributed by atoms with van der Waals surface area (Å²) in [5.41, 5.74) is -0.252. The fourth-order valence-electron chi connectivity index (χ4n) is 7.03. The van der Waals surface area contributed by atoms with E-state index in [0.29, 0.717) is 16.9 Å². The van der Waals surface area contributed by atoms with Crippen LogP contribution in [0.5, 0.6) is 5.75 Å². The molecule has 0 aliphatic carbocycles. The standard InChI is InChI=1S/C49H67Cl2N3O17S2/c1-26(2)20-37-46(64)69-35(14-11-15-38(57)53-32(22-29-16-17-36(67-7)31(50)21-29)44(61)52-25-49(5,6)47(65)70-37)27(3)42(39(51)30-12-9-8-10-13-30)71-48(66)68-18-19-72-73-24-33(45(62)63)54-43(60)28(4)40(58)41(59)34(56)23-55/h8-13,15-17,21,26-28,32-35,37,39-42,55-56,58-59H,14,18-20,22-25H2,1-7H3,(H,52,61)(H,53,57)(H,54,60)(H,62,63)/t27-,28-,32+,33+,34+,35-,37-,39-,40+,41+,42+/m0/s1. The molecule has 73 heavy (non-hydrogen) atoms. The van der Waals surface area contributed by atoms with Gasteiger partial charge in [-0.2, -0.15) is 0 Å². The van der Waals surface area contributed by atoms with Crippen LogP contribution in [-0.4, -0.2) is 154 Å². The number of cyclic esters (lactones) is 2. The van der Waals surface area contributed by atoms with Crippen LogP contribution < -0.4 is 20.7 Å². The van der Waals surface area contributed by atoms with E-state index in [9.17, 15) is 54.0 Å². The minimum Gasteiger partial charge on any atom is -0.495 e. The maximum atomic E-state index is 14.1. The number of aliphatic hydroxyl groups is 4. The summed E-state index contributed by atoms with van der Waals surface area (Å²) in [6.07, 6.45) is -7.96. The number of methoxy groups -OCH3 is 1. The van der Waals surface area contributed by atoms with Crippen molar-refractivity contribution in [1.29, 1.82) is 0 Å². The van der Waals surface area contributed by atoms with Crippen molar-refractivity contribution in [3.05, 3.63) is 76.8 Å². The SMILES string of the molecule is COc1ccc(C[C@H]2NC(=O)C=CC[C@@H]([C@H](C)[C@@H](OC(=O)OCCSSC[C@@H](NC(=O)[C@@H](C)[C@@H](O)[C@H](O)[C@H](O)CO)C(=O)O)[C@@H](Cl)c3ccccc3)OC(=O)[C@H](CC(C)C)OC(=O)C(C)(C)CNC2=O)cc1Cl. The number of alkyl halides is 1. The van der Waals surface area contributed by atoms with Crippen LogP contribution in [0.1, 0.15) is 70.9 Å². The lowest BCUT2D eigenvalue weighted by Gasteiger charge is -2.34. The van der Waals surface area contributed by atoms with Gasteiger partial charge in [-0.1, -0.05) is 103 Å². The Morgan fingerprint density at radius 1 is 0.973 bits per heavy atom. The summed E-state index contributed by atoms with van der Waals surface area (Å²) < 4.78 is 28.4. The number of aliphatic carboxylic acids is 1. The van der Waals surface area contributed by atoms with Gasteiger partial charge in [0.25, 0.3) is 0 Å². The molecule has 0 bridgehead atoms. The number of carbonyl (C=O) groups excluding carboxylic acids is 6. The molecule has 0 saturated heterocycles. The van der Waals surface area contributed by atoms with Crippen molar-refractivity contribution in [3.8, 4) is 5.75 Å². The van der Waals surface area contributed by atoms with Crippen LogP contribution in [-0.2, 0) is 54.1 Å². The fourth-order valence-corrected chi connectivity index (χ4v) is 9.72. The zero-order valence-corrected chi connectivity index (χ0v) is 44.7. The normalized spacial score (nSPS) is 21.1. The molecule has 2 aromatic rings. The number of carboxylic acid groups (broad SMARTS) is 1. The molecule has 1 heterocycles. The van der Waals surface area contributed by atoms with E-state index in [1.165, 1.54) is 40.0 Å². The van der Waals surface area contributed by atoms with Crippen LogP contribution in [0.15, 0.2) is 60.7 Å². The Morgan fingerprint density at radius 2 is 1.66 bits per heavy atom. The highest BCUT2D eigenvalue weighted by molar-refractivity contribution is 8.76. The van der Waals surface area contributed by atoms with Crippen molar-refractivity contribution in [1.82, 2.24) is 16.0 Å². The molecule has 0 spiro atoms. The Kier molecular flexibility index (Phi) is 26.1. The van der Waals surface area contributed by atoms with E-state index in [-0.39, 0.29) is 54.9 Å². The molecule has 8 N–H and O–H groups in total. The first-order chi connectivity index (χ1) is 34.4. The molecule has 3 amide bonds. The highest BCUT2D eigenvalue weighted by atomic mass is 35.5. The summed E-state index contributed by atoms with van der Waals surface area (Å²) in [6, 6.07) is 10.9. The van der Waals surface area contributed by atoms with Gasteiger partial charge in [0, 0.05) is 36.8 Å². The predicted molar refractivity (Wildman–Crippen MR) is 273 cm³/mol. The van der Waals surface area contributed by atoms with Crippen molar-refractivity contribution in [2.75, 3.05) is 38.4 Å². The number of ether oxygens (including phenoxy) is 5. The Labute approximate surface area is 442 Å². The molecule has 0 saturated carbocycles. The third kappa shape index (κ3) is 20.1. The molecule has 406 valence electrons. The van der Waals surface area contributed by atoms with Crippen molar-refractivity contribution >= 4 is 86.6 Å². The molecule has 0 radical (unpaired) electrons. The highest BCUT2D eigenvalue weighted by Gasteiger charge is 2.41. The van der Waals surface area contributed by atoms with Gasteiger partial charge in [0.1, 0.15) is 48.9 Å². The van der Waals surface area contributed by atoms with Crippen LogP contribution >= 0.6 is 44.8 Å². The average Bonchev–Trinajstić information content (AvgIpc) is 3.35. The van der Waals surface area contributed by atoms with Gasteiger partial charge in [0.05, 0.1) is 41.6 Å². The van der Waals surface area contributed by atoms with E-state index in [0.717, 1.165) is 21.6 Å². The number of esters is 2. The van der Waals surface area contributed by atoms with E-state index in [1.54, 1.807) is 55.5 Å². The van der Waals surface area contributed by atoms with Gasteiger partial charge in [-0.3, -0.25) is 19.2 Å². The maximum Gasteiger partial charge on any atom is 0.508 e. The lowest BCUT2D eigenvalue weighted by atomic mass is 9.90. The Hall–Kier alpha value is -4.81. The first-order valence-electron chi connectivity index (χ1n) is 23.3. The average molecular weight is 1110 g/mol. The van der Waals surface area contributed by atoms with E-state index in [4.69, 9.17) is 52.0 Å². The maximum absolute atomic E-state index is 14.1. The molecule has 0 unspecified atom stereocenters. The van der Waals surface area contributed by atoms with Crippen LogP contribution in [0, 0.1) is 23.2 Å². The molecule has 11 atom stereocenters. The van der Waals surface area contributed by atoms with Gasteiger partial charge in [-0.25, -0.2) is 14.4 Å². The summed E-state index contributed by atoms with van der Waals surface area (Å²) >= 11 is 13.4. The number of halogens is 2. The molecular weight excluding hydrogens is 1040 g/mol. The van der Waals surface area contributed by atoms with Gasteiger partial charge in [-0.15, -0.1) is 11.6 Å². The first-order valence-corrected chi connectivity index (χ1v) is 26.6. The third-order valence-electron chi connectivity index (χ3n) is 11.6. The number of nitrogens with one attached hydrogen (secondary N) is 3. The van der Waals surface area contributed by atoms with E-state index < -0.39 is 120 Å². The Morgan fingerprint density at radius 3 is 2.27 bits per heavy atom. The minimum atomic E-state index is -1.87. The van der Waals surface area contributed by atoms with Gasteiger partial charge in [0.2, 0.25) is 17.7 Å². The fraction of sp³-hybridized carbons (Fsp3) is 0.571. The Balaban J connectivity index is 1.85. The van der Waals surface area contributed by atoms with Gasteiger partial charge in [-0.05, 0) is 55.5 Å². The lowest BCUT2D eigenvalue weighted by molar-refractivity contribution is -0.180. The second kappa shape index (κ2) is 30.5. The molecule has 2 aromatic carbocycles. The van der Waals surface area contributed by atoms with Gasteiger partial charge < -0.3 is 65.2 Å². The van der Waals surface area contributed by atoms with E-state index in [2.05, 4.69) is 16.0 Å². The molecule has 24 heteroatoms.